The number of primary amides is 1. The molecular formula is C21H21N5O2. The molecule has 0 radical (unpaired) electrons. The van der Waals surface area contributed by atoms with Crippen LogP contribution < -0.4 is 16.0 Å². The maximum Gasteiger partial charge on any atom is 0.248 e. The maximum absolute atomic E-state index is 11.2. The standard InChI is InChI=1S/C21H21N5O2/c22-20(27)16-1-5-17(6-2-16)24-21-23-10-9-19(25-21)15-3-7-18(8-4-15)26-11-13-28-14-12-26/h1-10H,11-14H2,(H2,22,27)(H,23,24,25). The molecule has 1 saturated heterocycles. The van der Waals surface area contributed by atoms with Crippen molar-refractivity contribution in [3.63, 3.8) is 0 Å². The Morgan fingerprint density at radius 3 is 2.39 bits per heavy atom. The van der Waals surface area contributed by atoms with Gasteiger partial charge in [-0.3, -0.25) is 4.79 Å². The molecule has 2 aromatic carbocycles. The molecule has 1 aliphatic rings. The van der Waals surface area contributed by atoms with Crippen LogP contribution in [0, 0.1) is 0 Å². The summed E-state index contributed by atoms with van der Waals surface area (Å²) in [5, 5.41) is 3.15. The van der Waals surface area contributed by atoms with Crippen molar-refractivity contribution in [3.8, 4) is 11.3 Å². The van der Waals surface area contributed by atoms with Crippen LogP contribution in [0.1, 0.15) is 10.4 Å². The molecule has 3 aromatic rings. The molecule has 0 unspecified atom stereocenters. The topological polar surface area (TPSA) is 93.4 Å². The maximum atomic E-state index is 11.2. The quantitative estimate of drug-likeness (QED) is 0.712. The Balaban J connectivity index is 1.49. The lowest BCUT2D eigenvalue weighted by Gasteiger charge is -2.28. The number of ether oxygens (including phenoxy) is 1. The van der Waals surface area contributed by atoms with E-state index in [1.54, 1.807) is 30.5 Å². The number of carbonyl (C=O) groups excluding carboxylic acids is 1. The van der Waals surface area contributed by atoms with Gasteiger partial charge in [-0.2, -0.15) is 0 Å². The molecule has 1 aliphatic heterocycles. The average Bonchev–Trinajstić information content (AvgIpc) is 2.75. The molecular weight excluding hydrogens is 354 g/mol. The van der Waals surface area contributed by atoms with Crippen LogP contribution in [0.4, 0.5) is 17.3 Å². The van der Waals surface area contributed by atoms with Gasteiger partial charge in [0.05, 0.1) is 18.9 Å². The molecule has 0 spiro atoms. The second-order valence-electron chi connectivity index (χ2n) is 6.48. The van der Waals surface area contributed by atoms with Crippen molar-refractivity contribution in [2.45, 2.75) is 0 Å². The minimum atomic E-state index is -0.453. The third kappa shape index (κ3) is 4.10. The van der Waals surface area contributed by atoms with Crippen LogP contribution in [0.25, 0.3) is 11.3 Å². The fraction of sp³-hybridized carbons (Fsp3) is 0.190. The lowest BCUT2D eigenvalue weighted by Crippen LogP contribution is -2.36. The highest BCUT2D eigenvalue weighted by atomic mass is 16.5. The van der Waals surface area contributed by atoms with Crippen LogP contribution >= 0.6 is 0 Å². The zero-order valence-electron chi connectivity index (χ0n) is 15.3. The summed E-state index contributed by atoms with van der Waals surface area (Å²) in [5.74, 6) is 0.0342. The highest BCUT2D eigenvalue weighted by molar-refractivity contribution is 5.93. The summed E-state index contributed by atoms with van der Waals surface area (Å²) < 4.78 is 5.41. The summed E-state index contributed by atoms with van der Waals surface area (Å²) in [7, 11) is 0. The number of anilines is 3. The molecule has 1 aromatic heterocycles. The van der Waals surface area contributed by atoms with E-state index in [0.717, 1.165) is 43.2 Å². The summed E-state index contributed by atoms with van der Waals surface area (Å²) in [4.78, 5) is 22.3. The number of hydrogen-bond donors (Lipinski definition) is 2. The van der Waals surface area contributed by atoms with Crippen molar-refractivity contribution >= 4 is 23.2 Å². The van der Waals surface area contributed by atoms with Crippen molar-refractivity contribution in [3.05, 3.63) is 66.4 Å². The largest absolute Gasteiger partial charge is 0.378 e. The van der Waals surface area contributed by atoms with Gasteiger partial charge in [-0.1, -0.05) is 12.1 Å². The fourth-order valence-electron chi connectivity index (χ4n) is 3.09. The van der Waals surface area contributed by atoms with Crippen LogP contribution in [0.2, 0.25) is 0 Å². The second kappa shape index (κ2) is 8.06. The van der Waals surface area contributed by atoms with Crippen molar-refractivity contribution < 1.29 is 9.53 Å². The Hall–Kier alpha value is -3.45. The molecule has 0 atom stereocenters. The lowest BCUT2D eigenvalue weighted by molar-refractivity contribution is 0.100. The molecule has 0 saturated carbocycles. The molecule has 7 heteroatoms. The van der Waals surface area contributed by atoms with Gasteiger partial charge in [0.1, 0.15) is 0 Å². The highest BCUT2D eigenvalue weighted by Gasteiger charge is 2.11. The van der Waals surface area contributed by atoms with Gasteiger partial charge >= 0.3 is 0 Å². The van der Waals surface area contributed by atoms with E-state index < -0.39 is 5.91 Å². The van der Waals surface area contributed by atoms with Crippen molar-refractivity contribution in [2.75, 3.05) is 36.5 Å². The minimum Gasteiger partial charge on any atom is -0.378 e. The molecule has 3 N–H and O–H groups in total. The lowest BCUT2D eigenvalue weighted by atomic mass is 10.1. The first-order valence-corrected chi connectivity index (χ1v) is 9.12. The summed E-state index contributed by atoms with van der Waals surface area (Å²) >= 11 is 0. The number of nitrogens with zero attached hydrogens (tertiary/aromatic N) is 3. The number of hydrogen-bond acceptors (Lipinski definition) is 6. The summed E-state index contributed by atoms with van der Waals surface area (Å²) in [6.45, 7) is 3.36. The van der Waals surface area contributed by atoms with Gasteiger partial charge in [-0.15, -0.1) is 0 Å². The number of nitrogens with two attached hydrogens (primary N) is 1. The molecule has 28 heavy (non-hydrogen) atoms. The minimum absolute atomic E-state index is 0.453. The van der Waals surface area contributed by atoms with Gasteiger partial charge in [0.15, 0.2) is 0 Å². The normalized spacial score (nSPS) is 13.9. The van der Waals surface area contributed by atoms with E-state index in [1.165, 1.54) is 5.69 Å². The molecule has 1 fully saturated rings. The number of nitrogens with one attached hydrogen (secondary N) is 1. The Morgan fingerprint density at radius 1 is 1.00 bits per heavy atom. The predicted molar refractivity (Wildman–Crippen MR) is 109 cm³/mol. The Labute approximate surface area is 163 Å². The van der Waals surface area contributed by atoms with E-state index in [9.17, 15) is 4.79 Å². The molecule has 1 amide bonds. The summed E-state index contributed by atoms with van der Waals surface area (Å²) in [6, 6.07) is 17.1. The van der Waals surface area contributed by atoms with E-state index in [-0.39, 0.29) is 0 Å². The van der Waals surface area contributed by atoms with Crippen molar-refractivity contribution in [1.29, 1.82) is 0 Å². The summed E-state index contributed by atoms with van der Waals surface area (Å²) in [6.07, 6.45) is 1.72. The average molecular weight is 375 g/mol. The summed E-state index contributed by atoms with van der Waals surface area (Å²) in [5.41, 5.74) is 9.55. The van der Waals surface area contributed by atoms with Crippen molar-refractivity contribution in [1.82, 2.24) is 9.97 Å². The number of benzene rings is 2. The zero-order valence-corrected chi connectivity index (χ0v) is 15.3. The molecule has 0 aliphatic carbocycles. The number of morpholine rings is 1. The number of rotatable bonds is 5. The molecule has 142 valence electrons. The number of amides is 1. The Bertz CT molecular complexity index is 951. The monoisotopic (exact) mass is 375 g/mol. The fourth-order valence-corrected chi connectivity index (χ4v) is 3.09. The predicted octanol–water partition coefficient (Wildman–Crippen LogP) is 2.82. The Kier molecular flexibility index (Phi) is 5.16. The van der Waals surface area contributed by atoms with Gasteiger partial charge in [0.25, 0.3) is 0 Å². The van der Waals surface area contributed by atoms with E-state index in [1.807, 2.05) is 6.07 Å². The van der Waals surface area contributed by atoms with Crippen molar-refractivity contribution in [2.24, 2.45) is 5.73 Å². The van der Waals surface area contributed by atoms with Gasteiger partial charge < -0.3 is 20.7 Å². The van der Waals surface area contributed by atoms with Gasteiger partial charge in [-0.05, 0) is 42.5 Å². The first-order valence-electron chi connectivity index (χ1n) is 9.12. The molecule has 7 nitrogen and oxygen atoms in total. The second-order valence-corrected chi connectivity index (χ2v) is 6.48. The van der Waals surface area contributed by atoms with E-state index in [0.29, 0.717) is 11.5 Å². The van der Waals surface area contributed by atoms with Crippen LogP contribution in [-0.2, 0) is 4.74 Å². The van der Waals surface area contributed by atoms with Gasteiger partial charge in [-0.25, -0.2) is 9.97 Å². The first kappa shape index (κ1) is 17.9. The number of carbonyl (C=O) groups is 1. The van der Waals surface area contributed by atoms with E-state index in [4.69, 9.17) is 10.5 Å². The molecule has 4 rings (SSSR count). The van der Waals surface area contributed by atoms with Crippen LogP contribution in [0.5, 0.6) is 0 Å². The smallest absolute Gasteiger partial charge is 0.248 e. The van der Waals surface area contributed by atoms with Crippen LogP contribution in [0.15, 0.2) is 60.8 Å². The number of aromatic nitrogens is 2. The molecule has 2 heterocycles. The van der Waals surface area contributed by atoms with E-state index in [2.05, 4.69) is 44.5 Å². The van der Waals surface area contributed by atoms with Gasteiger partial charge in [0.2, 0.25) is 11.9 Å². The molecule has 0 bridgehead atoms. The zero-order chi connectivity index (χ0) is 19.3. The third-order valence-corrected chi connectivity index (χ3v) is 4.62. The SMILES string of the molecule is NC(=O)c1ccc(Nc2nccc(-c3ccc(N4CCOCC4)cc3)n2)cc1. The van der Waals surface area contributed by atoms with Crippen LogP contribution in [-0.4, -0.2) is 42.2 Å². The van der Waals surface area contributed by atoms with Gasteiger partial charge in [0, 0.05) is 41.8 Å². The first-order chi connectivity index (χ1) is 13.7. The van der Waals surface area contributed by atoms with E-state index >= 15 is 0 Å². The third-order valence-electron chi connectivity index (χ3n) is 4.62. The highest BCUT2D eigenvalue weighted by Crippen LogP contribution is 2.23. The Morgan fingerprint density at radius 2 is 1.71 bits per heavy atom. The van der Waals surface area contributed by atoms with Crippen LogP contribution in [0.3, 0.4) is 0 Å².